The van der Waals surface area contributed by atoms with Crippen LogP contribution in [0.1, 0.15) is 19.4 Å². The maximum Gasteiger partial charge on any atom is 0.233 e. The van der Waals surface area contributed by atoms with Crippen LogP contribution in [0.5, 0.6) is 0 Å². The quantitative estimate of drug-likeness (QED) is 0.567. The first-order valence-corrected chi connectivity index (χ1v) is 11.0. The third-order valence-electron chi connectivity index (χ3n) is 4.92. The van der Waals surface area contributed by atoms with Crippen LogP contribution < -0.4 is 0 Å². The molecule has 1 amide bonds. The van der Waals surface area contributed by atoms with Gasteiger partial charge in [-0.15, -0.1) is 10.2 Å². The number of ether oxygens (including phenoxy) is 1. The first-order valence-electron chi connectivity index (χ1n) is 10.0. The van der Waals surface area contributed by atoms with Gasteiger partial charge in [0.15, 0.2) is 11.0 Å². The third kappa shape index (κ3) is 4.88. The lowest BCUT2D eigenvalue weighted by Crippen LogP contribution is -2.48. The number of rotatable bonds is 6. The molecular formula is C22H25N5O2S. The highest BCUT2D eigenvalue weighted by molar-refractivity contribution is 7.99. The Morgan fingerprint density at radius 2 is 1.87 bits per heavy atom. The first kappa shape index (κ1) is 20.6. The van der Waals surface area contributed by atoms with Gasteiger partial charge >= 0.3 is 0 Å². The van der Waals surface area contributed by atoms with E-state index in [1.807, 2.05) is 49.1 Å². The largest absolute Gasteiger partial charge is 0.372 e. The average Bonchev–Trinajstić information content (AvgIpc) is 3.15. The molecule has 2 atom stereocenters. The van der Waals surface area contributed by atoms with E-state index in [4.69, 9.17) is 4.74 Å². The van der Waals surface area contributed by atoms with E-state index in [0.717, 1.165) is 22.1 Å². The summed E-state index contributed by atoms with van der Waals surface area (Å²) in [5, 5.41) is 9.52. The number of benzene rings is 1. The highest BCUT2D eigenvalue weighted by Crippen LogP contribution is 2.25. The molecule has 0 saturated carbocycles. The molecule has 1 aliphatic rings. The monoisotopic (exact) mass is 423 g/mol. The van der Waals surface area contributed by atoms with Gasteiger partial charge in [-0.3, -0.25) is 14.3 Å². The predicted molar refractivity (Wildman–Crippen MR) is 116 cm³/mol. The number of carbonyl (C=O) groups excluding carboxylic acids is 1. The third-order valence-corrected chi connectivity index (χ3v) is 5.87. The molecule has 3 heterocycles. The number of aromatic nitrogens is 4. The summed E-state index contributed by atoms with van der Waals surface area (Å²) in [5.41, 5.74) is 2.04. The van der Waals surface area contributed by atoms with E-state index in [1.54, 1.807) is 12.4 Å². The Morgan fingerprint density at radius 3 is 2.57 bits per heavy atom. The van der Waals surface area contributed by atoms with Gasteiger partial charge in [-0.05, 0) is 31.5 Å². The van der Waals surface area contributed by atoms with Crippen LogP contribution in [-0.4, -0.2) is 61.6 Å². The SMILES string of the molecule is C[C@@H]1CN(C(=O)CSc2nnc(-c3cccnc3)n2Cc2ccccc2)C[C@H](C)O1. The van der Waals surface area contributed by atoms with Crippen molar-refractivity contribution in [2.24, 2.45) is 0 Å². The van der Waals surface area contributed by atoms with Crippen molar-refractivity contribution >= 4 is 17.7 Å². The highest BCUT2D eigenvalue weighted by Gasteiger charge is 2.26. The molecule has 8 heteroatoms. The standard InChI is InChI=1S/C22H25N5O2S/c1-16-12-26(13-17(2)29-16)20(28)15-30-22-25-24-21(19-9-6-10-23-11-19)27(22)14-18-7-4-3-5-8-18/h3-11,16-17H,12-15H2,1-2H3/t16-,17+. The van der Waals surface area contributed by atoms with Gasteiger partial charge < -0.3 is 9.64 Å². The lowest BCUT2D eigenvalue weighted by Gasteiger charge is -2.35. The summed E-state index contributed by atoms with van der Waals surface area (Å²) in [6, 6.07) is 14.0. The van der Waals surface area contributed by atoms with Crippen LogP contribution in [0, 0.1) is 0 Å². The van der Waals surface area contributed by atoms with Crippen molar-refractivity contribution in [2.45, 2.75) is 37.8 Å². The number of hydrogen-bond acceptors (Lipinski definition) is 6. The van der Waals surface area contributed by atoms with E-state index in [1.165, 1.54) is 11.8 Å². The van der Waals surface area contributed by atoms with Gasteiger partial charge in [0.05, 0.1) is 24.5 Å². The molecule has 1 saturated heterocycles. The summed E-state index contributed by atoms with van der Waals surface area (Å²) in [5.74, 6) is 1.16. The molecule has 4 rings (SSSR count). The van der Waals surface area contributed by atoms with Crippen LogP contribution in [0.15, 0.2) is 60.0 Å². The number of pyridine rings is 1. The number of amides is 1. The number of morpholine rings is 1. The highest BCUT2D eigenvalue weighted by atomic mass is 32.2. The van der Waals surface area contributed by atoms with E-state index in [-0.39, 0.29) is 18.1 Å². The zero-order valence-electron chi connectivity index (χ0n) is 17.1. The number of thioether (sulfide) groups is 1. The molecule has 7 nitrogen and oxygen atoms in total. The molecule has 1 fully saturated rings. The minimum Gasteiger partial charge on any atom is -0.372 e. The molecule has 156 valence electrons. The maximum absolute atomic E-state index is 12.8. The molecule has 0 unspecified atom stereocenters. The Bertz CT molecular complexity index is 970. The molecule has 1 aliphatic heterocycles. The summed E-state index contributed by atoms with van der Waals surface area (Å²) in [6.45, 7) is 5.88. The zero-order chi connectivity index (χ0) is 20.9. The van der Waals surface area contributed by atoms with Crippen LogP contribution in [0.25, 0.3) is 11.4 Å². The molecule has 0 bridgehead atoms. The van der Waals surface area contributed by atoms with Crippen molar-refractivity contribution in [2.75, 3.05) is 18.8 Å². The Balaban J connectivity index is 1.54. The lowest BCUT2D eigenvalue weighted by molar-refractivity contribution is -0.140. The van der Waals surface area contributed by atoms with Gasteiger partial charge in [0, 0.05) is 31.0 Å². The summed E-state index contributed by atoms with van der Waals surface area (Å²) in [6.07, 6.45) is 3.63. The van der Waals surface area contributed by atoms with Crippen molar-refractivity contribution < 1.29 is 9.53 Å². The van der Waals surface area contributed by atoms with Crippen LogP contribution >= 0.6 is 11.8 Å². The molecule has 0 radical (unpaired) electrons. The van der Waals surface area contributed by atoms with Crippen LogP contribution in [0.2, 0.25) is 0 Å². The van der Waals surface area contributed by atoms with Crippen molar-refractivity contribution in [3.8, 4) is 11.4 Å². The van der Waals surface area contributed by atoms with Gasteiger partial charge in [0.1, 0.15) is 0 Å². The van der Waals surface area contributed by atoms with E-state index in [2.05, 4.69) is 31.9 Å². The van der Waals surface area contributed by atoms with E-state index >= 15 is 0 Å². The number of carbonyl (C=O) groups is 1. The van der Waals surface area contributed by atoms with Crippen molar-refractivity contribution in [3.05, 3.63) is 60.4 Å². The molecule has 30 heavy (non-hydrogen) atoms. The topological polar surface area (TPSA) is 73.1 Å². The molecule has 1 aromatic carbocycles. The second kappa shape index (κ2) is 9.40. The minimum atomic E-state index is 0.0571. The molecule has 0 N–H and O–H groups in total. The molecule has 0 aliphatic carbocycles. The Kier molecular flexibility index (Phi) is 6.44. The van der Waals surface area contributed by atoms with Crippen molar-refractivity contribution in [1.82, 2.24) is 24.6 Å². The smallest absolute Gasteiger partial charge is 0.233 e. The zero-order valence-corrected chi connectivity index (χ0v) is 18.0. The average molecular weight is 424 g/mol. The summed E-state index contributed by atoms with van der Waals surface area (Å²) < 4.78 is 7.78. The molecular weight excluding hydrogens is 398 g/mol. The van der Waals surface area contributed by atoms with Gasteiger partial charge in [-0.25, -0.2) is 0 Å². The normalized spacial score (nSPS) is 19.1. The Morgan fingerprint density at radius 1 is 1.10 bits per heavy atom. The van der Waals surface area contributed by atoms with E-state index < -0.39 is 0 Å². The molecule has 3 aromatic rings. The second-order valence-corrected chi connectivity index (χ2v) is 8.41. The summed E-state index contributed by atoms with van der Waals surface area (Å²) >= 11 is 1.42. The Labute approximate surface area is 180 Å². The van der Waals surface area contributed by atoms with Gasteiger partial charge in [-0.2, -0.15) is 0 Å². The molecule has 2 aromatic heterocycles. The van der Waals surface area contributed by atoms with Crippen LogP contribution in [0.3, 0.4) is 0 Å². The predicted octanol–water partition coefficient (Wildman–Crippen LogP) is 3.12. The summed E-state index contributed by atoms with van der Waals surface area (Å²) in [4.78, 5) is 18.9. The van der Waals surface area contributed by atoms with Crippen molar-refractivity contribution in [3.63, 3.8) is 0 Å². The Hall–Kier alpha value is -2.71. The van der Waals surface area contributed by atoms with Crippen LogP contribution in [0.4, 0.5) is 0 Å². The summed E-state index contributed by atoms with van der Waals surface area (Å²) in [7, 11) is 0. The van der Waals surface area contributed by atoms with E-state index in [0.29, 0.717) is 25.4 Å². The van der Waals surface area contributed by atoms with Gasteiger partial charge in [0.2, 0.25) is 5.91 Å². The fourth-order valence-electron chi connectivity index (χ4n) is 3.61. The number of hydrogen-bond donors (Lipinski definition) is 0. The van der Waals surface area contributed by atoms with E-state index in [9.17, 15) is 4.79 Å². The lowest BCUT2D eigenvalue weighted by atomic mass is 10.2. The first-order chi connectivity index (χ1) is 14.6. The second-order valence-electron chi connectivity index (χ2n) is 7.46. The fourth-order valence-corrected chi connectivity index (χ4v) is 4.45. The van der Waals surface area contributed by atoms with Crippen molar-refractivity contribution in [1.29, 1.82) is 0 Å². The van der Waals surface area contributed by atoms with Gasteiger partial charge in [-0.1, -0.05) is 42.1 Å². The fraction of sp³-hybridized carbons (Fsp3) is 0.364. The minimum absolute atomic E-state index is 0.0571. The maximum atomic E-state index is 12.8. The van der Waals surface area contributed by atoms with Crippen LogP contribution in [-0.2, 0) is 16.1 Å². The van der Waals surface area contributed by atoms with Gasteiger partial charge in [0.25, 0.3) is 0 Å². The molecule has 0 spiro atoms. The number of nitrogens with zero attached hydrogens (tertiary/aromatic N) is 5.